The average molecular weight is 844 g/mol. The van der Waals surface area contributed by atoms with Crippen molar-refractivity contribution in [2.45, 2.75) is 5.41 Å². The summed E-state index contributed by atoms with van der Waals surface area (Å²) in [5, 5.41) is 7.59. The second-order valence-electron chi connectivity index (χ2n) is 17.2. The van der Waals surface area contributed by atoms with Crippen LogP contribution >= 0.6 is 11.3 Å². The van der Waals surface area contributed by atoms with Gasteiger partial charge in [-0.25, -0.2) is 0 Å². The van der Waals surface area contributed by atoms with E-state index in [1.165, 1.54) is 97.4 Å². The third-order valence-electron chi connectivity index (χ3n) is 13.8. The van der Waals surface area contributed by atoms with Crippen molar-refractivity contribution in [3.63, 3.8) is 0 Å². The molecule has 0 amide bonds. The molecule has 0 spiro atoms. The summed E-state index contributed by atoms with van der Waals surface area (Å²) in [7, 11) is 0. The summed E-state index contributed by atoms with van der Waals surface area (Å²) in [5.41, 5.74) is 15.4. The van der Waals surface area contributed by atoms with Gasteiger partial charge in [0.15, 0.2) is 0 Å². The maximum absolute atomic E-state index is 2.47. The van der Waals surface area contributed by atoms with Crippen LogP contribution in [0, 0.1) is 0 Å². The van der Waals surface area contributed by atoms with Gasteiger partial charge in [-0.2, -0.15) is 0 Å². The van der Waals surface area contributed by atoms with Gasteiger partial charge in [0.05, 0.1) is 5.41 Å². The molecular formula is C63H41NS. The number of anilines is 3. The highest BCUT2D eigenvalue weighted by Crippen LogP contribution is 2.57. The molecule has 0 saturated carbocycles. The molecule has 65 heavy (non-hydrogen) atoms. The molecule has 13 rings (SSSR count). The van der Waals surface area contributed by atoms with Gasteiger partial charge in [0, 0.05) is 37.2 Å². The van der Waals surface area contributed by atoms with Crippen molar-refractivity contribution in [3.8, 4) is 33.4 Å². The standard InChI is InChI=1S/C63H41NS/c1-3-18-44(19-4-1)63(45-20-5-2-6-21-45)59-28-13-11-25-55(59)56-36-34-48(41-60(56)63)64(47-35-39-62-58(40-47)57-26-12-14-29-61(57)65-62)46-32-30-43(31-33-46)50-37-38-54(53-24-10-9-23-51(50)53)52-27-15-17-42-16-7-8-22-49(42)52/h1-41H. The summed E-state index contributed by atoms with van der Waals surface area (Å²) in [5.74, 6) is 0. The number of nitrogens with zero attached hydrogens (tertiary/aromatic N) is 1. The van der Waals surface area contributed by atoms with Crippen LogP contribution in [0.15, 0.2) is 249 Å². The van der Waals surface area contributed by atoms with Crippen molar-refractivity contribution < 1.29 is 0 Å². The average Bonchev–Trinajstić information content (AvgIpc) is 3.90. The molecule has 0 saturated heterocycles. The quantitative estimate of drug-likeness (QED) is 0.154. The minimum atomic E-state index is -0.507. The van der Waals surface area contributed by atoms with E-state index in [2.05, 4.69) is 254 Å². The molecule has 1 aliphatic rings. The molecule has 304 valence electrons. The highest BCUT2D eigenvalue weighted by atomic mass is 32.1. The molecule has 0 unspecified atom stereocenters. The maximum atomic E-state index is 2.47. The molecule has 0 fully saturated rings. The zero-order valence-corrected chi connectivity index (χ0v) is 36.3. The fourth-order valence-electron chi connectivity index (χ4n) is 10.9. The smallest absolute Gasteiger partial charge is 0.0714 e. The molecule has 2 heteroatoms. The number of hydrogen-bond acceptors (Lipinski definition) is 2. The van der Waals surface area contributed by atoms with Crippen LogP contribution in [0.3, 0.4) is 0 Å². The van der Waals surface area contributed by atoms with E-state index < -0.39 is 5.41 Å². The van der Waals surface area contributed by atoms with Gasteiger partial charge in [0.2, 0.25) is 0 Å². The molecule has 0 bridgehead atoms. The predicted molar refractivity (Wildman–Crippen MR) is 277 cm³/mol. The van der Waals surface area contributed by atoms with Gasteiger partial charge in [0.1, 0.15) is 0 Å². The number of thiophene rings is 1. The van der Waals surface area contributed by atoms with Crippen molar-refractivity contribution in [1.29, 1.82) is 0 Å². The zero-order valence-electron chi connectivity index (χ0n) is 35.5. The van der Waals surface area contributed by atoms with E-state index in [1.807, 2.05) is 11.3 Å². The van der Waals surface area contributed by atoms with Crippen LogP contribution in [0.4, 0.5) is 17.1 Å². The van der Waals surface area contributed by atoms with Gasteiger partial charge in [-0.3, -0.25) is 0 Å². The van der Waals surface area contributed by atoms with Crippen molar-refractivity contribution >= 4 is 70.1 Å². The Morgan fingerprint density at radius 1 is 0.292 bits per heavy atom. The first-order chi connectivity index (χ1) is 32.2. The van der Waals surface area contributed by atoms with Gasteiger partial charge in [0.25, 0.3) is 0 Å². The molecule has 0 atom stereocenters. The summed E-state index contributed by atoms with van der Waals surface area (Å²) in [6.45, 7) is 0. The topological polar surface area (TPSA) is 3.24 Å². The molecule has 0 aliphatic heterocycles. The van der Waals surface area contributed by atoms with Gasteiger partial charge in [-0.15, -0.1) is 11.3 Å². The first-order valence-electron chi connectivity index (χ1n) is 22.4. The van der Waals surface area contributed by atoms with Crippen LogP contribution in [-0.2, 0) is 5.41 Å². The molecular weight excluding hydrogens is 803 g/mol. The Morgan fingerprint density at radius 2 is 0.800 bits per heavy atom. The highest BCUT2D eigenvalue weighted by molar-refractivity contribution is 7.25. The van der Waals surface area contributed by atoms with Crippen LogP contribution in [0.25, 0.3) is 75.1 Å². The number of fused-ring (bicyclic) bond motifs is 8. The molecule has 0 N–H and O–H groups in total. The fraction of sp³-hybridized carbons (Fsp3) is 0.0159. The lowest BCUT2D eigenvalue weighted by atomic mass is 9.67. The largest absolute Gasteiger partial charge is 0.310 e. The van der Waals surface area contributed by atoms with E-state index in [1.54, 1.807) is 0 Å². The van der Waals surface area contributed by atoms with E-state index >= 15 is 0 Å². The van der Waals surface area contributed by atoms with E-state index in [4.69, 9.17) is 0 Å². The minimum absolute atomic E-state index is 0.507. The van der Waals surface area contributed by atoms with E-state index in [0.717, 1.165) is 17.1 Å². The first kappa shape index (κ1) is 37.5. The monoisotopic (exact) mass is 843 g/mol. The second-order valence-corrected chi connectivity index (χ2v) is 18.2. The summed E-state index contributed by atoms with van der Waals surface area (Å²) in [6.07, 6.45) is 0. The number of rotatable bonds is 7. The third kappa shape index (κ3) is 5.85. The summed E-state index contributed by atoms with van der Waals surface area (Å²) in [6, 6.07) is 92.2. The molecule has 1 nitrogen and oxygen atoms in total. The summed E-state index contributed by atoms with van der Waals surface area (Å²) < 4.78 is 2.60. The van der Waals surface area contributed by atoms with Crippen LogP contribution < -0.4 is 4.90 Å². The van der Waals surface area contributed by atoms with Gasteiger partial charge in [-0.05, 0) is 126 Å². The van der Waals surface area contributed by atoms with Crippen molar-refractivity contribution in [3.05, 3.63) is 271 Å². The van der Waals surface area contributed by atoms with Crippen LogP contribution in [0.2, 0.25) is 0 Å². The molecule has 0 radical (unpaired) electrons. The normalized spacial score (nSPS) is 12.7. The summed E-state index contributed by atoms with van der Waals surface area (Å²) >= 11 is 1.86. The lowest BCUT2D eigenvalue weighted by Crippen LogP contribution is -2.28. The van der Waals surface area contributed by atoms with E-state index in [0.29, 0.717) is 0 Å². The number of hydrogen-bond donors (Lipinski definition) is 0. The second kappa shape index (κ2) is 15.1. The van der Waals surface area contributed by atoms with Crippen LogP contribution in [-0.4, -0.2) is 0 Å². The Bertz CT molecular complexity index is 3730. The summed E-state index contributed by atoms with van der Waals surface area (Å²) in [4.78, 5) is 2.46. The predicted octanol–water partition coefficient (Wildman–Crippen LogP) is 17.5. The molecule has 1 heterocycles. The van der Waals surface area contributed by atoms with Crippen molar-refractivity contribution in [2.24, 2.45) is 0 Å². The molecule has 11 aromatic carbocycles. The maximum Gasteiger partial charge on any atom is 0.0714 e. The molecule has 1 aromatic heterocycles. The zero-order chi connectivity index (χ0) is 42.9. The Kier molecular flexibility index (Phi) is 8.69. The first-order valence-corrected chi connectivity index (χ1v) is 23.2. The van der Waals surface area contributed by atoms with Gasteiger partial charge >= 0.3 is 0 Å². The van der Waals surface area contributed by atoms with E-state index in [-0.39, 0.29) is 0 Å². The Balaban J connectivity index is 0.999. The Hall–Kier alpha value is -8.04. The van der Waals surface area contributed by atoms with Crippen molar-refractivity contribution in [1.82, 2.24) is 0 Å². The minimum Gasteiger partial charge on any atom is -0.310 e. The van der Waals surface area contributed by atoms with Gasteiger partial charge < -0.3 is 4.90 Å². The van der Waals surface area contributed by atoms with E-state index in [9.17, 15) is 0 Å². The Morgan fingerprint density at radius 3 is 1.58 bits per heavy atom. The third-order valence-corrected chi connectivity index (χ3v) is 14.9. The number of benzene rings is 11. The highest BCUT2D eigenvalue weighted by Gasteiger charge is 2.46. The molecule has 1 aliphatic carbocycles. The SMILES string of the molecule is c1ccc(C2(c3ccccc3)c3ccccc3-c3ccc(N(c4ccc(-c5ccc(-c6cccc7ccccc67)c6ccccc56)cc4)c4ccc5sc6ccccc6c5c4)cc32)cc1. The Labute approximate surface area is 382 Å². The lowest BCUT2D eigenvalue weighted by Gasteiger charge is -2.35. The van der Waals surface area contributed by atoms with Crippen LogP contribution in [0.1, 0.15) is 22.3 Å². The van der Waals surface area contributed by atoms with Crippen LogP contribution in [0.5, 0.6) is 0 Å². The van der Waals surface area contributed by atoms with Crippen molar-refractivity contribution in [2.75, 3.05) is 4.90 Å². The fourth-order valence-corrected chi connectivity index (χ4v) is 12.0. The lowest BCUT2D eigenvalue weighted by molar-refractivity contribution is 0.768. The molecule has 12 aromatic rings. The van der Waals surface area contributed by atoms with Gasteiger partial charge in [-0.1, -0.05) is 200 Å².